The lowest BCUT2D eigenvalue weighted by Gasteiger charge is -2.14. The molecule has 0 aliphatic carbocycles. The van der Waals surface area contributed by atoms with E-state index in [1.54, 1.807) is 67.8 Å². The molecule has 2 N–H and O–H groups in total. The summed E-state index contributed by atoms with van der Waals surface area (Å²) >= 11 is 0. The summed E-state index contributed by atoms with van der Waals surface area (Å²) < 4.78 is 26.5. The second-order valence-electron chi connectivity index (χ2n) is 7.54. The Labute approximate surface area is 212 Å². The fourth-order valence-corrected chi connectivity index (χ4v) is 3.41. The number of carbonyl (C=O) groups is 2. The molecule has 0 aliphatic heterocycles. The van der Waals surface area contributed by atoms with Gasteiger partial charge >= 0.3 is 6.01 Å². The average Bonchev–Trinajstić information content (AvgIpc) is 3.40. The van der Waals surface area contributed by atoms with Gasteiger partial charge in [-0.3, -0.25) is 14.9 Å². The summed E-state index contributed by atoms with van der Waals surface area (Å²) in [7, 11) is 6.00. The molecule has 0 radical (unpaired) electrons. The standard InChI is InChI=1S/C26H24N4O7/c1-33-19-11-7-16(8-12-19)25-29-30-26(37-25)28-23(31)15-5-9-18(10-6-15)27-24(32)17-13-20(34-2)22(36-4)21(14-17)35-3/h5-14H,1-4H3,(H,27,32)(H,28,30,31). The maximum atomic E-state index is 12.8. The number of ether oxygens (including phenoxy) is 4. The number of nitrogens with one attached hydrogen (secondary N) is 2. The second kappa shape index (κ2) is 11.1. The third kappa shape index (κ3) is 5.61. The molecule has 0 unspecified atom stereocenters. The van der Waals surface area contributed by atoms with E-state index < -0.39 is 11.8 Å². The zero-order valence-corrected chi connectivity index (χ0v) is 20.5. The molecule has 0 spiro atoms. The van der Waals surface area contributed by atoms with Crippen molar-refractivity contribution in [2.75, 3.05) is 39.1 Å². The molecule has 0 atom stereocenters. The zero-order chi connectivity index (χ0) is 26.4. The monoisotopic (exact) mass is 504 g/mol. The van der Waals surface area contributed by atoms with E-state index in [4.69, 9.17) is 23.4 Å². The summed E-state index contributed by atoms with van der Waals surface area (Å²) in [5, 5.41) is 13.2. The van der Waals surface area contributed by atoms with Gasteiger partial charge in [-0.25, -0.2) is 0 Å². The molecular formula is C26H24N4O7. The van der Waals surface area contributed by atoms with Crippen molar-refractivity contribution in [3.8, 4) is 34.5 Å². The molecular weight excluding hydrogens is 480 g/mol. The molecule has 1 heterocycles. The number of carbonyl (C=O) groups excluding carboxylic acids is 2. The highest BCUT2D eigenvalue weighted by molar-refractivity contribution is 6.06. The minimum Gasteiger partial charge on any atom is -0.497 e. The molecule has 11 heteroatoms. The van der Waals surface area contributed by atoms with Gasteiger partial charge in [0.15, 0.2) is 11.5 Å². The lowest BCUT2D eigenvalue weighted by atomic mass is 10.1. The SMILES string of the molecule is COc1ccc(-c2nnc(NC(=O)c3ccc(NC(=O)c4cc(OC)c(OC)c(OC)c4)cc3)o2)cc1. The molecule has 0 saturated heterocycles. The van der Waals surface area contributed by atoms with Crippen LogP contribution in [0.5, 0.6) is 23.0 Å². The summed E-state index contributed by atoms with van der Waals surface area (Å²) in [4.78, 5) is 25.4. The highest BCUT2D eigenvalue weighted by Gasteiger charge is 2.18. The Balaban J connectivity index is 1.41. The van der Waals surface area contributed by atoms with Gasteiger partial charge in [-0.15, -0.1) is 5.10 Å². The molecule has 4 rings (SSSR count). The smallest absolute Gasteiger partial charge is 0.322 e. The molecule has 37 heavy (non-hydrogen) atoms. The molecule has 190 valence electrons. The second-order valence-corrected chi connectivity index (χ2v) is 7.54. The van der Waals surface area contributed by atoms with Crippen LogP contribution >= 0.6 is 0 Å². The van der Waals surface area contributed by atoms with Crippen molar-refractivity contribution in [2.24, 2.45) is 0 Å². The van der Waals surface area contributed by atoms with Crippen LogP contribution in [0.3, 0.4) is 0 Å². The van der Waals surface area contributed by atoms with Crippen LogP contribution in [0, 0.1) is 0 Å². The van der Waals surface area contributed by atoms with Crippen molar-refractivity contribution < 1.29 is 33.0 Å². The van der Waals surface area contributed by atoms with E-state index in [1.807, 2.05) is 0 Å². The largest absolute Gasteiger partial charge is 0.497 e. The third-order valence-corrected chi connectivity index (χ3v) is 5.31. The number of hydrogen-bond donors (Lipinski definition) is 2. The predicted octanol–water partition coefficient (Wildman–Crippen LogP) is 4.28. The van der Waals surface area contributed by atoms with Gasteiger partial charge in [-0.05, 0) is 60.7 Å². The lowest BCUT2D eigenvalue weighted by Crippen LogP contribution is -2.14. The van der Waals surface area contributed by atoms with Gasteiger partial charge in [-0.1, -0.05) is 5.10 Å². The van der Waals surface area contributed by atoms with Gasteiger partial charge < -0.3 is 28.7 Å². The molecule has 0 bridgehead atoms. The number of rotatable bonds is 9. The first-order chi connectivity index (χ1) is 17.9. The first-order valence-corrected chi connectivity index (χ1v) is 11.0. The Morgan fingerprint density at radius 2 is 1.32 bits per heavy atom. The van der Waals surface area contributed by atoms with E-state index in [1.165, 1.54) is 21.3 Å². The van der Waals surface area contributed by atoms with Crippen LogP contribution in [-0.2, 0) is 0 Å². The van der Waals surface area contributed by atoms with Crippen LogP contribution in [0.4, 0.5) is 11.7 Å². The predicted molar refractivity (Wildman–Crippen MR) is 135 cm³/mol. The summed E-state index contributed by atoms with van der Waals surface area (Å²) in [5.41, 5.74) is 1.80. The lowest BCUT2D eigenvalue weighted by molar-refractivity contribution is 0.101. The van der Waals surface area contributed by atoms with Crippen LogP contribution in [0.2, 0.25) is 0 Å². The maximum absolute atomic E-state index is 12.8. The van der Waals surface area contributed by atoms with Crippen molar-refractivity contribution in [1.82, 2.24) is 10.2 Å². The molecule has 0 saturated carbocycles. The van der Waals surface area contributed by atoms with E-state index in [-0.39, 0.29) is 11.9 Å². The first-order valence-electron chi connectivity index (χ1n) is 11.0. The first kappa shape index (κ1) is 25.0. The van der Waals surface area contributed by atoms with Crippen molar-refractivity contribution in [3.05, 3.63) is 71.8 Å². The van der Waals surface area contributed by atoms with Crippen molar-refractivity contribution in [2.45, 2.75) is 0 Å². The topological polar surface area (TPSA) is 134 Å². The van der Waals surface area contributed by atoms with E-state index in [2.05, 4.69) is 20.8 Å². The van der Waals surface area contributed by atoms with Crippen molar-refractivity contribution in [1.29, 1.82) is 0 Å². The quantitative estimate of drug-likeness (QED) is 0.343. The minimum absolute atomic E-state index is 0.0457. The van der Waals surface area contributed by atoms with Crippen molar-refractivity contribution in [3.63, 3.8) is 0 Å². The van der Waals surface area contributed by atoms with Gasteiger partial charge in [0.1, 0.15) is 5.75 Å². The molecule has 11 nitrogen and oxygen atoms in total. The Hall–Kier alpha value is -5.06. The number of hydrogen-bond acceptors (Lipinski definition) is 9. The number of methoxy groups -OCH3 is 4. The molecule has 2 amide bonds. The Morgan fingerprint density at radius 3 is 1.89 bits per heavy atom. The molecule has 0 aliphatic rings. The van der Waals surface area contributed by atoms with E-state index in [0.29, 0.717) is 45.4 Å². The van der Waals surface area contributed by atoms with Crippen LogP contribution in [0.15, 0.2) is 65.1 Å². The maximum Gasteiger partial charge on any atom is 0.322 e. The summed E-state index contributed by atoms with van der Waals surface area (Å²) in [5.74, 6) is 1.20. The number of nitrogens with zero attached hydrogens (tertiary/aromatic N) is 2. The average molecular weight is 504 g/mol. The van der Waals surface area contributed by atoms with Crippen LogP contribution < -0.4 is 29.6 Å². The highest BCUT2D eigenvalue weighted by atomic mass is 16.5. The highest BCUT2D eigenvalue weighted by Crippen LogP contribution is 2.38. The van der Waals surface area contributed by atoms with Gasteiger partial charge in [-0.2, -0.15) is 0 Å². The summed E-state index contributed by atoms with van der Waals surface area (Å²) in [6.45, 7) is 0. The number of anilines is 2. The summed E-state index contributed by atoms with van der Waals surface area (Å²) in [6.07, 6.45) is 0. The Bertz CT molecular complexity index is 1370. The zero-order valence-electron chi connectivity index (χ0n) is 20.5. The van der Waals surface area contributed by atoms with Gasteiger partial charge in [0.2, 0.25) is 11.6 Å². The normalized spacial score (nSPS) is 10.4. The van der Waals surface area contributed by atoms with Crippen LogP contribution in [0.25, 0.3) is 11.5 Å². The van der Waals surface area contributed by atoms with Gasteiger partial charge in [0.25, 0.3) is 11.8 Å². The molecule has 0 fully saturated rings. The fourth-order valence-electron chi connectivity index (χ4n) is 3.41. The number of aromatic nitrogens is 2. The van der Waals surface area contributed by atoms with Gasteiger partial charge in [0, 0.05) is 22.4 Å². The van der Waals surface area contributed by atoms with Crippen molar-refractivity contribution >= 4 is 23.5 Å². The molecule has 3 aromatic carbocycles. The van der Waals surface area contributed by atoms with Crippen LogP contribution in [-0.4, -0.2) is 50.5 Å². The molecule has 4 aromatic rings. The van der Waals surface area contributed by atoms with E-state index in [0.717, 1.165) is 0 Å². The Kier molecular flexibility index (Phi) is 7.53. The molecule has 1 aromatic heterocycles. The number of amides is 2. The van der Waals surface area contributed by atoms with E-state index >= 15 is 0 Å². The fraction of sp³-hybridized carbons (Fsp3) is 0.154. The number of benzene rings is 3. The van der Waals surface area contributed by atoms with E-state index in [9.17, 15) is 9.59 Å². The Morgan fingerprint density at radius 1 is 0.703 bits per heavy atom. The van der Waals surface area contributed by atoms with Gasteiger partial charge in [0.05, 0.1) is 28.4 Å². The summed E-state index contributed by atoms with van der Waals surface area (Å²) in [6, 6.07) is 16.4. The van der Waals surface area contributed by atoms with Crippen LogP contribution in [0.1, 0.15) is 20.7 Å². The third-order valence-electron chi connectivity index (χ3n) is 5.31. The minimum atomic E-state index is -0.451.